The third-order valence-corrected chi connectivity index (χ3v) is 11.6. The number of benzene rings is 1. The predicted octanol–water partition coefficient (Wildman–Crippen LogP) is 2.51. The number of hydrogen-bond donors (Lipinski definition) is 5. The van der Waals surface area contributed by atoms with Crippen molar-refractivity contribution < 1.29 is 13.2 Å². The van der Waals surface area contributed by atoms with Crippen LogP contribution in [0.15, 0.2) is 14.7 Å². The van der Waals surface area contributed by atoms with Gasteiger partial charge in [-0.1, -0.05) is 20.3 Å². The monoisotopic (exact) mass is 532 g/mol. The number of amides is 1. The number of piperidine rings is 1. The molecular weight excluding hydrogens is 497 g/mol. The van der Waals surface area contributed by atoms with E-state index in [9.17, 15) is 13.2 Å². The summed E-state index contributed by atoms with van der Waals surface area (Å²) in [5.41, 5.74) is 8.78. The Labute approximate surface area is 214 Å². The number of hydrogen-bond acceptors (Lipinski definition) is 8. The first-order valence-electron chi connectivity index (χ1n) is 11.5. The number of thiol groups is 3. The van der Waals surface area contributed by atoms with Crippen molar-refractivity contribution in [3.8, 4) is 0 Å². The van der Waals surface area contributed by atoms with Crippen LogP contribution in [0, 0.1) is 12.8 Å². The van der Waals surface area contributed by atoms with Crippen LogP contribution in [-0.4, -0.2) is 62.6 Å². The van der Waals surface area contributed by atoms with Crippen LogP contribution >= 0.6 is 37.9 Å². The van der Waals surface area contributed by atoms with Crippen molar-refractivity contribution in [1.82, 2.24) is 9.62 Å². The van der Waals surface area contributed by atoms with E-state index in [-0.39, 0.29) is 25.9 Å². The van der Waals surface area contributed by atoms with Crippen LogP contribution in [0.5, 0.6) is 0 Å². The summed E-state index contributed by atoms with van der Waals surface area (Å²) in [4.78, 5) is 16.9. The number of rotatable bonds is 7. The minimum absolute atomic E-state index is 0.201. The van der Waals surface area contributed by atoms with E-state index < -0.39 is 20.7 Å². The van der Waals surface area contributed by atoms with E-state index in [2.05, 4.69) is 31.0 Å². The lowest BCUT2D eigenvalue weighted by atomic mass is 9.94. The molecule has 0 aromatic heterocycles. The molecule has 2 saturated heterocycles. The van der Waals surface area contributed by atoms with Crippen LogP contribution in [0.2, 0.25) is 0 Å². The van der Waals surface area contributed by atoms with Gasteiger partial charge in [0.1, 0.15) is 0 Å². The summed E-state index contributed by atoms with van der Waals surface area (Å²) in [6.45, 7) is 8.89. The highest BCUT2D eigenvalue weighted by Crippen LogP contribution is 2.42. The zero-order chi connectivity index (χ0) is 24.6. The zero-order valence-electron chi connectivity index (χ0n) is 19.6. The average Bonchev–Trinajstić information content (AvgIpc) is 2.81. The standard InChI is InChI=1S/C22H36N4O3S4/c1-4-14(2)13-16-15(3)18(30)17(20(32)19(16)31)25-9-11-26(12-10-25)33(28,29)22(21(23)27)5-7-24-8-6-22/h14,24,30-32H,4-13H2,1-3H3,(H2,23,27). The van der Waals surface area contributed by atoms with Crippen molar-refractivity contribution in [2.45, 2.75) is 65.9 Å². The second kappa shape index (κ2) is 10.6. The molecule has 1 unspecified atom stereocenters. The minimum atomic E-state index is -3.87. The van der Waals surface area contributed by atoms with Gasteiger partial charge in [0.05, 0.1) is 5.69 Å². The average molecular weight is 533 g/mol. The normalized spacial score (nSPS) is 20.6. The maximum Gasteiger partial charge on any atom is 0.240 e. The van der Waals surface area contributed by atoms with E-state index in [1.165, 1.54) is 9.87 Å². The van der Waals surface area contributed by atoms with E-state index >= 15 is 0 Å². The highest BCUT2D eigenvalue weighted by Gasteiger charge is 2.53. The van der Waals surface area contributed by atoms with Crippen molar-refractivity contribution in [1.29, 1.82) is 0 Å². The van der Waals surface area contributed by atoms with Crippen LogP contribution in [0.1, 0.15) is 44.2 Å². The molecule has 186 valence electrons. The van der Waals surface area contributed by atoms with Crippen molar-refractivity contribution in [2.24, 2.45) is 11.7 Å². The Morgan fingerprint density at radius 2 is 1.67 bits per heavy atom. The van der Waals surface area contributed by atoms with Crippen molar-refractivity contribution in [2.75, 3.05) is 44.2 Å². The summed E-state index contributed by atoms with van der Waals surface area (Å²) >= 11 is 14.4. The first-order valence-corrected chi connectivity index (χ1v) is 14.3. The molecule has 3 N–H and O–H groups in total. The number of nitrogens with one attached hydrogen (secondary N) is 1. The molecule has 7 nitrogen and oxygen atoms in total. The number of primary amides is 1. The van der Waals surface area contributed by atoms with Gasteiger partial charge in [0, 0.05) is 40.9 Å². The molecular formula is C22H36N4O3S4. The topological polar surface area (TPSA) is 95.7 Å². The molecule has 33 heavy (non-hydrogen) atoms. The quantitative estimate of drug-likeness (QED) is 0.348. The van der Waals surface area contributed by atoms with E-state index in [0.29, 0.717) is 32.1 Å². The van der Waals surface area contributed by atoms with Crippen LogP contribution in [-0.2, 0) is 21.2 Å². The molecule has 1 amide bonds. The lowest BCUT2D eigenvalue weighted by molar-refractivity contribution is -0.121. The van der Waals surface area contributed by atoms with Crippen molar-refractivity contribution in [3.05, 3.63) is 11.1 Å². The fourth-order valence-corrected chi connectivity index (χ4v) is 8.11. The maximum absolute atomic E-state index is 13.5. The van der Waals surface area contributed by atoms with Gasteiger partial charge in [-0.25, -0.2) is 8.42 Å². The first kappa shape index (κ1) is 27.0. The summed E-state index contributed by atoms with van der Waals surface area (Å²) in [6, 6.07) is 0. The van der Waals surface area contributed by atoms with E-state index in [1.54, 1.807) is 0 Å². The molecule has 2 fully saturated rings. The molecule has 1 aromatic rings. The Bertz CT molecular complexity index is 972. The summed E-state index contributed by atoms with van der Waals surface area (Å²) in [5.74, 6) is -0.226. The minimum Gasteiger partial charge on any atom is -0.368 e. The molecule has 0 spiro atoms. The van der Waals surface area contributed by atoms with E-state index in [4.69, 9.17) is 43.6 Å². The second-order valence-corrected chi connectivity index (χ2v) is 12.8. The SMILES string of the molecule is CCC(C)Cc1c(C)c(S)c(N2CCN(S(=O)(=O)C3(C(N)=O)CCNCC3)CC2)c(S)c1S. The number of piperazine rings is 1. The molecule has 0 radical (unpaired) electrons. The Morgan fingerprint density at radius 3 is 2.18 bits per heavy atom. The van der Waals surface area contributed by atoms with Crippen LogP contribution in [0.4, 0.5) is 5.69 Å². The zero-order valence-corrected chi connectivity index (χ0v) is 23.1. The fourth-order valence-electron chi connectivity index (χ4n) is 4.77. The largest absolute Gasteiger partial charge is 0.368 e. The molecule has 1 aromatic carbocycles. The van der Waals surface area contributed by atoms with E-state index in [1.807, 2.05) is 0 Å². The second-order valence-electron chi connectivity index (χ2n) is 9.22. The maximum atomic E-state index is 13.5. The van der Waals surface area contributed by atoms with Crippen molar-refractivity contribution in [3.63, 3.8) is 0 Å². The highest BCUT2D eigenvalue weighted by molar-refractivity contribution is 7.91. The molecule has 2 aliphatic rings. The number of nitrogens with two attached hydrogens (primary N) is 1. The molecule has 2 aliphatic heterocycles. The third kappa shape index (κ3) is 4.91. The molecule has 0 saturated carbocycles. The van der Waals surface area contributed by atoms with E-state index in [0.717, 1.165) is 38.8 Å². The van der Waals surface area contributed by atoms with Crippen molar-refractivity contribution >= 4 is 59.5 Å². The summed E-state index contributed by atoms with van der Waals surface area (Å²) in [7, 11) is -3.87. The Kier molecular flexibility index (Phi) is 8.65. The molecule has 1 atom stereocenters. The van der Waals surface area contributed by atoms with Gasteiger partial charge in [-0.3, -0.25) is 4.79 Å². The summed E-state index contributed by atoms with van der Waals surface area (Å²) in [6.07, 6.45) is 2.40. The summed E-state index contributed by atoms with van der Waals surface area (Å²) < 4.78 is 26.9. The predicted molar refractivity (Wildman–Crippen MR) is 143 cm³/mol. The Hall–Kier alpha value is -0.590. The first-order chi connectivity index (χ1) is 15.5. The lowest BCUT2D eigenvalue weighted by Crippen LogP contribution is -2.62. The Morgan fingerprint density at radius 1 is 1.09 bits per heavy atom. The highest BCUT2D eigenvalue weighted by atomic mass is 32.2. The van der Waals surface area contributed by atoms with Gasteiger partial charge in [0.2, 0.25) is 15.9 Å². The van der Waals surface area contributed by atoms with Gasteiger partial charge in [-0.2, -0.15) is 4.31 Å². The van der Waals surface area contributed by atoms with Crippen LogP contribution < -0.4 is 16.0 Å². The van der Waals surface area contributed by atoms with Gasteiger partial charge >= 0.3 is 0 Å². The number of nitrogens with zero attached hydrogens (tertiary/aromatic N) is 2. The molecule has 0 bridgehead atoms. The third-order valence-electron chi connectivity index (χ3n) is 7.26. The van der Waals surface area contributed by atoms with Gasteiger partial charge in [-0.05, 0) is 56.3 Å². The molecule has 0 aliphatic carbocycles. The van der Waals surface area contributed by atoms with Gasteiger partial charge < -0.3 is 16.0 Å². The fraction of sp³-hybridized carbons (Fsp3) is 0.682. The van der Waals surface area contributed by atoms with Crippen LogP contribution in [0.3, 0.4) is 0 Å². The smallest absolute Gasteiger partial charge is 0.240 e. The molecule has 3 rings (SSSR count). The molecule has 11 heteroatoms. The number of anilines is 1. The number of carbonyl (C=O) groups is 1. The Balaban J connectivity index is 1.84. The number of carbonyl (C=O) groups excluding carboxylic acids is 1. The van der Waals surface area contributed by atoms with Gasteiger partial charge in [0.25, 0.3) is 0 Å². The number of sulfonamides is 1. The molecule has 2 heterocycles. The van der Waals surface area contributed by atoms with Crippen LogP contribution in [0.25, 0.3) is 0 Å². The lowest BCUT2D eigenvalue weighted by Gasteiger charge is -2.42. The van der Waals surface area contributed by atoms with Gasteiger partial charge in [-0.15, -0.1) is 37.9 Å². The van der Waals surface area contributed by atoms with Gasteiger partial charge in [0.15, 0.2) is 4.75 Å². The summed E-state index contributed by atoms with van der Waals surface area (Å²) in [5, 5.41) is 3.12.